The summed E-state index contributed by atoms with van der Waals surface area (Å²) >= 11 is 12.3. The van der Waals surface area contributed by atoms with Gasteiger partial charge in [-0.2, -0.15) is 0 Å². The Hall–Kier alpha value is -1.97. The molecular formula is C16H10Cl2N2O. The largest absolute Gasteiger partial charge is 0.497 e. The third kappa shape index (κ3) is 1.85. The van der Waals surface area contributed by atoms with Gasteiger partial charge in [0.05, 0.1) is 34.1 Å². The number of ether oxygens (including phenoxy) is 1. The van der Waals surface area contributed by atoms with Gasteiger partial charge >= 0.3 is 0 Å². The molecule has 104 valence electrons. The predicted octanol–water partition coefficient (Wildman–Crippen LogP) is 5.14. The van der Waals surface area contributed by atoms with Crippen molar-refractivity contribution in [2.45, 2.75) is 0 Å². The molecule has 2 aromatic rings. The fourth-order valence-electron chi connectivity index (χ4n) is 2.59. The second-order valence-corrected chi connectivity index (χ2v) is 5.63. The number of aromatic amines is 1. The summed E-state index contributed by atoms with van der Waals surface area (Å²) in [5, 5.41) is 2.97. The lowest BCUT2D eigenvalue weighted by atomic mass is 10.1. The number of halogens is 2. The molecule has 0 atom stereocenters. The maximum absolute atomic E-state index is 6.27. The van der Waals surface area contributed by atoms with E-state index in [0.717, 1.165) is 38.9 Å². The lowest BCUT2D eigenvalue weighted by Gasteiger charge is -2.07. The zero-order chi connectivity index (χ0) is 14.6. The van der Waals surface area contributed by atoms with Crippen LogP contribution in [0.15, 0.2) is 36.4 Å². The van der Waals surface area contributed by atoms with Gasteiger partial charge in [-0.05, 0) is 36.4 Å². The first-order valence-corrected chi connectivity index (χ1v) is 7.17. The number of hydrogen-bond donors (Lipinski definition) is 1. The van der Waals surface area contributed by atoms with Gasteiger partial charge in [-0.15, -0.1) is 0 Å². The van der Waals surface area contributed by atoms with Crippen LogP contribution >= 0.6 is 23.2 Å². The van der Waals surface area contributed by atoms with Crippen LogP contribution in [-0.2, 0) is 0 Å². The predicted molar refractivity (Wildman–Crippen MR) is 86.8 cm³/mol. The number of H-pyrrole nitrogens is 1. The Kier molecular flexibility index (Phi) is 2.74. The number of hydrogen-bond acceptors (Lipinski definition) is 2. The van der Waals surface area contributed by atoms with Crippen molar-refractivity contribution >= 4 is 45.0 Å². The van der Waals surface area contributed by atoms with E-state index in [1.807, 2.05) is 30.3 Å². The molecule has 0 radical (unpaired) electrons. The lowest BCUT2D eigenvalue weighted by molar-refractivity contribution is 0.415. The molecule has 0 saturated carbocycles. The van der Waals surface area contributed by atoms with Crippen molar-refractivity contribution in [2.24, 2.45) is 0 Å². The molecule has 0 fully saturated rings. The first-order valence-electron chi connectivity index (χ1n) is 6.41. The zero-order valence-corrected chi connectivity index (χ0v) is 12.6. The standard InChI is InChI=1S/C16H10Cl2N2O/c1-21-8-2-4-13-10(6-8)16-14(19-13)7-9-12(20-16)5-3-11(17)15(9)18/h2-7,20H,1H3. The van der Waals surface area contributed by atoms with Crippen LogP contribution in [0, 0.1) is 0 Å². The van der Waals surface area contributed by atoms with Crippen molar-refractivity contribution in [1.82, 2.24) is 9.97 Å². The van der Waals surface area contributed by atoms with E-state index in [1.165, 1.54) is 0 Å². The van der Waals surface area contributed by atoms with Gasteiger partial charge in [-0.1, -0.05) is 23.2 Å². The van der Waals surface area contributed by atoms with Gasteiger partial charge in [0, 0.05) is 16.3 Å². The van der Waals surface area contributed by atoms with Gasteiger partial charge in [-0.25, -0.2) is 4.98 Å². The molecule has 0 saturated heterocycles. The Bertz CT molecular complexity index is 962. The van der Waals surface area contributed by atoms with Crippen LogP contribution in [0.4, 0.5) is 0 Å². The van der Waals surface area contributed by atoms with Gasteiger partial charge < -0.3 is 9.72 Å². The number of rotatable bonds is 1. The monoisotopic (exact) mass is 316 g/mol. The highest BCUT2D eigenvalue weighted by Gasteiger charge is 2.16. The molecule has 0 aliphatic carbocycles. The van der Waals surface area contributed by atoms with Crippen LogP contribution in [-0.4, -0.2) is 17.1 Å². The Balaban J connectivity index is 2.13. The maximum Gasteiger partial charge on any atom is 0.119 e. The molecule has 2 heterocycles. The molecule has 1 N–H and O–H groups in total. The molecule has 2 aliphatic heterocycles. The summed E-state index contributed by atoms with van der Waals surface area (Å²) in [6, 6.07) is 11.5. The number of methoxy groups -OCH3 is 1. The first-order chi connectivity index (χ1) is 10.2. The quantitative estimate of drug-likeness (QED) is 0.528. The number of benzene rings is 2. The maximum atomic E-state index is 6.27. The highest BCUT2D eigenvalue weighted by molar-refractivity contribution is 6.45. The molecule has 3 nitrogen and oxygen atoms in total. The van der Waals surface area contributed by atoms with Crippen molar-refractivity contribution in [3.8, 4) is 17.1 Å². The van der Waals surface area contributed by atoms with E-state index in [1.54, 1.807) is 13.2 Å². The summed E-state index contributed by atoms with van der Waals surface area (Å²) in [5.41, 5.74) is 3.67. The van der Waals surface area contributed by atoms with Gasteiger partial charge in [0.25, 0.3) is 0 Å². The van der Waals surface area contributed by atoms with Crippen molar-refractivity contribution in [3.05, 3.63) is 46.4 Å². The molecule has 0 aromatic heterocycles. The summed E-state index contributed by atoms with van der Waals surface area (Å²) in [7, 11) is 1.65. The molecule has 4 rings (SSSR count). The van der Waals surface area contributed by atoms with E-state index in [0.29, 0.717) is 10.0 Å². The Morgan fingerprint density at radius 1 is 1.05 bits per heavy atom. The minimum absolute atomic E-state index is 0.537. The second-order valence-electron chi connectivity index (χ2n) is 4.85. The van der Waals surface area contributed by atoms with Crippen molar-refractivity contribution in [1.29, 1.82) is 0 Å². The molecular weight excluding hydrogens is 307 g/mol. The Morgan fingerprint density at radius 2 is 1.90 bits per heavy atom. The SMILES string of the molecule is COc1ccc2nc3cc4c(Cl)c(Cl)ccc4[nH]c-3c2c1. The van der Waals surface area contributed by atoms with Gasteiger partial charge in [0.2, 0.25) is 0 Å². The molecule has 21 heavy (non-hydrogen) atoms. The topological polar surface area (TPSA) is 37.9 Å². The van der Waals surface area contributed by atoms with Crippen molar-refractivity contribution in [2.75, 3.05) is 7.11 Å². The van der Waals surface area contributed by atoms with Crippen LogP contribution in [0.5, 0.6) is 5.75 Å². The third-order valence-corrected chi connectivity index (χ3v) is 4.46. The molecule has 0 bridgehead atoms. The normalized spacial score (nSPS) is 11.6. The number of aromatic nitrogens is 2. The Morgan fingerprint density at radius 3 is 2.71 bits per heavy atom. The van der Waals surface area contributed by atoms with Crippen LogP contribution in [0.2, 0.25) is 10.0 Å². The smallest absolute Gasteiger partial charge is 0.119 e. The zero-order valence-electron chi connectivity index (χ0n) is 11.1. The summed E-state index contributed by atoms with van der Waals surface area (Å²) < 4.78 is 5.28. The van der Waals surface area contributed by atoms with Crippen LogP contribution < -0.4 is 4.74 Å². The van der Waals surface area contributed by atoms with E-state index in [2.05, 4.69) is 9.97 Å². The fourth-order valence-corrected chi connectivity index (χ4v) is 2.97. The van der Waals surface area contributed by atoms with Crippen LogP contribution in [0.3, 0.4) is 0 Å². The summed E-state index contributed by atoms with van der Waals surface area (Å²) in [6.45, 7) is 0. The summed E-state index contributed by atoms with van der Waals surface area (Å²) in [4.78, 5) is 8.01. The van der Waals surface area contributed by atoms with E-state index in [4.69, 9.17) is 27.9 Å². The van der Waals surface area contributed by atoms with E-state index in [-0.39, 0.29) is 0 Å². The summed E-state index contributed by atoms with van der Waals surface area (Å²) in [6.07, 6.45) is 0. The molecule has 0 amide bonds. The van der Waals surface area contributed by atoms with Gasteiger partial charge in [0.15, 0.2) is 0 Å². The third-order valence-electron chi connectivity index (χ3n) is 3.64. The molecule has 2 aliphatic rings. The molecule has 0 spiro atoms. The minimum atomic E-state index is 0.537. The minimum Gasteiger partial charge on any atom is -0.497 e. The highest BCUT2D eigenvalue weighted by Crippen LogP contribution is 2.37. The Labute approximate surface area is 130 Å². The van der Waals surface area contributed by atoms with Gasteiger partial charge in [-0.3, -0.25) is 0 Å². The second kappa shape index (κ2) is 4.52. The van der Waals surface area contributed by atoms with Crippen LogP contribution in [0.1, 0.15) is 0 Å². The molecule has 2 aromatic carbocycles. The average molecular weight is 317 g/mol. The number of pyridine rings is 1. The average Bonchev–Trinajstić information content (AvgIpc) is 2.86. The lowest BCUT2D eigenvalue weighted by Crippen LogP contribution is -1.87. The van der Waals surface area contributed by atoms with E-state index < -0.39 is 0 Å². The van der Waals surface area contributed by atoms with Crippen molar-refractivity contribution in [3.63, 3.8) is 0 Å². The number of nitrogens with zero attached hydrogens (tertiary/aromatic N) is 1. The van der Waals surface area contributed by atoms with E-state index in [9.17, 15) is 0 Å². The fraction of sp³-hybridized carbons (Fsp3) is 0.0625. The number of nitrogens with one attached hydrogen (secondary N) is 1. The number of fused-ring (bicyclic) bond motifs is 4. The highest BCUT2D eigenvalue weighted by atomic mass is 35.5. The molecule has 5 heteroatoms. The summed E-state index contributed by atoms with van der Waals surface area (Å²) in [5.74, 6) is 0.805. The first kappa shape index (κ1) is 12.7. The molecule has 0 unspecified atom stereocenters. The van der Waals surface area contributed by atoms with Crippen LogP contribution in [0.25, 0.3) is 33.2 Å². The van der Waals surface area contributed by atoms with E-state index >= 15 is 0 Å². The van der Waals surface area contributed by atoms with Gasteiger partial charge in [0.1, 0.15) is 5.75 Å². The van der Waals surface area contributed by atoms with Crippen molar-refractivity contribution < 1.29 is 4.74 Å².